The van der Waals surface area contributed by atoms with Gasteiger partial charge in [-0.25, -0.2) is 8.78 Å². The van der Waals surface area contributed by atoms with Crippen LogP contribution in [-0.2, 0) is 18.9 Å². The molecule has 108 valence electrons. The predicted molar refractivity (Wildman–Crippen MR) is 72.2 cm³/mol. The number of hydrogen-bond acceptors (Lipinski definition) is 4. The molecule has 1 aromatic carbocycles. The Morgan fingerprint density at radius 3 is 2.75 bits per heavy atom. The number of aromatic nitrogens is 3. The van der Waals surface area contributed by atoms with Gasteiger partial charge in [-0.1, -0.05) is 24.8 Å². The van der Waals surface area contributed by atoms with Gasteiger partial charge < -0.3 is 9.67 Å². The van der Waals surface area contributed by atoms with Gasteiger partial charge in [-0.05, 0) is 18.1 Å². The fourth-order valence-corrected chi connectivity index (χ4v) is 2.74. The van der Waals surface area contributed by atoms with Gasteiger partial charge >= 0.3 is 0 Å². The Labute approximate surface area is 119 Å². The van der Waals surface area contributed by atoms with Gasteiger partial charge in [-0.15, -0.1) is 10.2 Å². The highest BCUT2D eigenvalue weighted by Crippen LogP contribution is 2.24. The summed E-state index contributed by atoms with van der Waals surface area (Å²) in [5, 5.41) is 17.7. The molecule has 0 fully saturated rings. The van der Waals surface area contributed by atoms with Crippen LogP contribution in [0.2, 0.25) is 0 Å². The van der Waals surface area contributed by atoms with Crippen LogP contribution in [0.3, 0.4) is 0 Å². The highest BCUT2D eigenvalue weighted by molar-refractivity contribution is 7.98. The molecule has 0 saturated carbocycles. The molecular weight excluding hydrogens is 284 g/mol. The van der Waals surface area contributed by atoms with E-state index in [-0.39, 0.29) is 6.61 Å². The molecule has 1 heterocycles. The third kappa shape index (κ3) is 3.34. The van der Waals surface area contributed by atoms with Gasteiger partial charge in [-0.2, -0.15) is 0 Å². The number of aliphatic hydroxyl groups excluding tert-OH is 1. The largest absolute Gasteiger partial charge is 0.388 e. The van der Waals surface area contributed by atoms with E-state index in [1.807, 2.05) is 11.5 Å². The average Bonchev–Trinajstić information content (AvgIpc) is 2.81. The fourth-order valence-electron chi connectivity index (χ4n) is 1.77. The average molecular weight is 299 g/mol. The van der Waals surface area contributed by atoms with Crippen molar-refractivity contribution in [2.24, 2.45) is 0 Å². The quantitative estimate of drug-likeness (QED) is 0.833. The minimum Gasteiger partial charge on any atom is -0.388 e. The Hall–Kier alpha value is -1.47. The monoisotopic (exact) mass is 299 g/mol. The number of halogens is 2. The fraction of sp³-hybridized carbons (Fsp3) is 0.385. The maximum atomic E-state index is 13.5. The van der Waals surface area contributed by atoms with Gasteiger partial charge in [0.25, 0.3) is 0 Å². The molecule has 1 N–H and O–H groups in total. The van der Waals surface area contributed by atoms with Crippen LogP contribution in [0.1, 0.15) is 24.7 Å². The Kier molecular flexibility index (Phi) is 5.08. The Morgan fingerprint density at radius 2 is 2.10 bits per heavy atom. The third-order valence-corrected chi connectivity index (χ3v) is 3.77. The van der Waals surface area contributed by atoms with Gasteiger partial charge in [0.1, 0.15) is 18.2 Å². The standard InChI is InChI=1S/C13H15F2N3OS/c1-2-5-18-12(7-19)16-17-13(18)20-8-9-3-4-10(14)6-11(9)15/h3-4,6,19H,2,5,7-8H2,1H3. The zero-order chi connectivity index (χ0) is 14.5. The minimum absolute atomic E-state index is 0.182. The second-order valence-electron chi connectivity index (χ2n) is 4.23. The molecule has 20 heavy (non-hydrogen) atoms. The summed E-state index contributed by atoms with van der Waals surface area (Å²) < 4.78 is 28.2. The molecule has 0 spiro atoms. The van der Waals surface area contributed by atoms with Crippen molar-refractivity contribution in [2.75, 3.05) is 0 Å². The summed E-state index contributed by atoms with van der Waals surface area (Å²) >= 11 is 1.31. The number of thioether (sulfide) groups is 1. The second kappa shape index (κ2) is 6.81. The van der Waals surface area contributed by atoms with Crippen LogP contribution in [0.25, 0.3) is 0 Å². The lowest BCUT2D eigenvalue weighted by molar-refractivity contribution is 0.263. The Bertz CT molecular complexity index is 589. The first kappa shape index (κ1) is 14.9. The molecule has 0 aliphatic carbocycles. The van der Waals surface area contributed by atoms with Gasteiger partial charge in [0.15, 0.2) is 11.0 Å². The molecule has 0 amide bonds. The van der Waals surface area contributed by atoms with Crippen LogP contribution >= 0.6 is 11.8 Å². The first-order valence-electron chi connectivity index (χ1n) is 6.25. The number of benzene rings is 1. The zero-order valence-corrected chi connectivity index (χ0v) is 11.8. The summed E-state index contributed by atoms with van der Waals surface area (Å²) in [6.45, 7) is 2.52. The Morgan fingerprint density at radius 1 is 1.30 bits per heavy atom. The van der Waals surface area contributed by atoms with Crippen LogP contribution in [0.15, 0.2) is 23.4 Å². The third-order valence-electron chi connectivity index (χ3n) is 2.75. The highest BCUT2D eigenvalue weighted by atomic mass is 32.2. The predicted octanol–water partition coefficient (Wildman–Crippen LogP) is 2.75. The number of aliphatic hydroxyl groups is 1. The van der Waals surface area contributed by atoms with Crippen molar-refractivity contribution in [1.82, 2.24) is 14.8 Å². The van der Waals surface area contributed by atoms with E-state index in [1.165, 1.54) is 23.9 Å². The minimum atomic E-state index is -0.590. The van der Waals surface area contributed by atoms with Crippen molar-refractivity contribution < 1.29 is 13.9 Å². The maximum absolute atomic E-state index is 13.5. The summed E-state index contributed by atoms with van der Waals surface area (Å²) in [7, 11) is 0. The number of nitrogens with zero attached hydrogens (tertiary/aromatic N) is 3. The van der Waals surface area contributed by atoms with Crippen molar-refractivity contribution in [3.63, 3.8) is 0 Å². The second-order valence-corrected chi connectivity index (χ2v) is 5.18. The molecule has 0 aliphatic rings. The van der Waals surface area contributed by atoms with Crippen molar-refractivity contribution in [2.45, 2.75) is 37.4 Å². The molecule has 2 rings (SSSR count). The molecule has 0 aliphatic heterocycles. The molecule has 2 aromatic rings. The van der Waals surface area contributed by atoms with E-state index in [4.69, 9.17) is 0 Å². The number of hydrogen-bond donors (Lipinski definition) is 1. The van der Waals surface area contributed by atoms with Crippen LogP contribution in [-0.4, -0.2) is 19.9 Å². The lowest BCUT2D eigenvalue weighted by Gasteiger charge is -2.07. The van der Waals surface area contributed by atoms with Crippen molar-refractivity contribution in [3.8, 4) is 0 Å². The highest BCUT2D eigenvalue weighted by Gasteiger charge is 2.12. The van der Waals surface area contributed by atoms with Gasteiger partial charge in [0, 0.05) is 18.4 Å². The smallest absolute Gasteiger partial charge is 0.191 e. The van der Waals surface area contributed by atoms with E-state index < -0.39 is 11.6 Å². The molecule has 1 aromatic heterocycles. The molecule has 0 bridgehead atoms. The van der Waals surface area contributed by atoms with Crippen molar-refractivity contribution in [1.29, 1.82) is 0 Å². The lowest BCUT2D eigenvalue weighted by Crippen LogP contribution is -2.04. The SMILES string of the molecule is CCCn1c(CO)nnc1SCc1ccc(F)cc1F. The first-order valence-corrected chi connectivity index (χ1v) is 7.24. The first-order chi connectivity index (χ1) is 9.65. The topological polar surface area (TPSA) is 50.9 Å². The van der Waals surface area contributed by atoms with Crippen LogP contribution in [0, 0.1) is 11.6 Å². The normalized spacial score (nSPS) is 11.0. The van der Waals surface area contributed by atoms with Crippen molar-refractivity contribution in [3.05, 3.63) is 41.2 Å². The van der Waals surface area contributed by atoms with E-state index in [0.29, 0.717) is 28.8 Å². The van der Waals surface area contributed by atoms with E-state index in [2.05, 4.69) is 10.2 Å². The molecule has 0 atom stereocenters. The summed E-state index contributed by atoms with van der Waals surface area (Å²) in [5.74, 6) is -0.331. The van der Waals surface area contributed by atoms with E-state index in [0.717, 1.165) is 12.5 Å². The molecule has 7 heteroatoms. The van der Waals surface area contributed by atoms with Crippen LogP contribution < -0.4 is 0 Å². The van der Waals surface area contributed by atoms with Gasteiger partial charge in [0.05, 0.1) is 0 Å². The van der Waals surface area contributed by atoms with Crippen LogP contribution in [0.4, 0.5) is 8.78 Å². The number of rotatable bonds is 6. The van der Waals surface area contributed by atoms with E-state index in [1.54, 1.807) is 0 Å². The molecule has 0 saturated heterocycles. The summed E-state index contributed by atoms with van der Waals surface area (Å²) in [5.41, 5.74) is 0.410. The van der Waals surface area contributed by atoms with Gasteiger partial charge in [0.2, 0.25) is 0 Å². The van der Waals surface area contributed by atoms with E-state index in [9.17, 15) is 13.9 Å². The summed E-state index contributed by atoms with van der Waals surface area (Å²) in [4.78, 5) is 0. The van der Waals surface area contributed by atoms with Crippen LogP contribution in [0.5, 0.6) is 0 Å². The lowest BCUT2D eigenvalue weighted by atomic mass is 10.2. The summed E-state index contributed by atoms with van der Waals surface area (Å²) in [6, 6.07) is 3.52. The molecule has 0 unspecified atom stereocenters. The summed E-state index contributed by atoms with van der Waals surface area (Å²) in [6.07, 6.45) is 0.878. The molecule has 0 radical (unpaired) electrons. The maximum Gasteiger partial charge on any atom is 0.191 e. The molecular formula is C13H15F2N3OS. The van der Waals surface area contributed by atoms with Crippen molar-refractivity contribution >= 4 is 11.8 Å². The Balaban J connectivity index is 2.12. The zero-order valence-electron chi connectivity index (χ0n) is 11.0. The molecule has 4 nitrogen and oxygen atoms in total. The van der Waals surface area contributed by atoms with E-state index >= 15 is 0 Å². The van der Waals surface area contributed by atoms with Gasteiger partial charge in [-0.3, -0.25) is 0 Å².